The summed E-state index contributed by atoms with van der Waals surface area (Å²) in [5.41, 5.74) is 8.33. The lowest BCUT2D eigenvalue weighted by Crippen LogP contribution is -2.35. The summed E-state index contributed by atoms with van der Waals surface area (Å²) in [6.07, 6.45) is 5.72. The van der Waals surface area contributed by atoms with Crippen molar-refractivity contribution < 1.29 is 0 Å². The Hall–Kier alpha value is -3.62. The molecule has 0 radical (unpaired) electrons. The van der Waals surface area contributed by atoms with Crippen LogP contribution in [0.15, 0.2) is 66.0 Å². The van der Waals surface area contributed by atoms with Crippen LogP contribution in [0, 0.1) is 25.2 Å². The molecule has 5 heteroatoms. The van der Waals surface area contributed by atoms with Gasteiger partial charge in [0, 0.05) is 22.9 Å². The molecule has 5 aromatic rings. The molecule has 1 saturated carbocycles. The Kier molecular flexibility index (Phi) is 5.99. The molecule has 180 valence electrons. The summed E-state index contributed by atoms with van der Waals surface area (Å²) in [5, 5.41) is 12.5. The average molecular weight is 491 g/mol. The molecule has 6 rings (SSSR count). The van der Waals surface area contributed by atoms with Crippen molar-refractivity contribution in [3.8, 4) is 6.07 Å². The number of aromatic nitrogens is 2. The van der Waals surface area contributed by atoms with Crippen LogP contribution in [0.4, 0.5) is 5.82 Å². The maximum absolute atomic E-state index is 10.3. The number of para-hydroxylation sites is 2. The number of nitriles is 1. The smallest absolute Gasteiger partial charge is 0.157 e. The van der Waals surface area contributed by atoms with E-state index in [4.69, 9.17) is 4.98 Å². The highest BCUT2D eigenvalue weighted by Gasteiger charge is 2.30. The largest absolute Gasteiger partial charge is 0.349 e. The number of hydrogen-bond acceptors (Lipinski definition) is 4. The van der Waals surface area contributed by atoms with Crippen LogP contribution in [0.3, 0.4) is 0 Å². The van der Waals surface area contributed by atoms with Gasteiger partial charge in [0.2, 0.25) is 0 Å². The van der Waals surface area contributed by atoms with Crippen molar-refractivity contribution in [2.75, 3.05) is 4.90 Å². The number of hydrogen-bond donors (Lipinski definition) is 0. The minimum atomic E-state index is 0.472. The van der Waals surface area contributed by atoms with Gasteiger partial charge in [-0.3, -0.25) is 4.40 Å². The van der Waals surface area contributed by atoms with Crippen molar-refractivity contribution in [2.24, 2.45) is 0 Å². The number of benzene rings is 2. The van der Waals surface area contributed by atoms with E-state index in [0.717, 1.165) is 35.2 Å². The first-order chi connectivity index (χ1) is 17.7. The third-order valence-corrected chi connectivity index (χ3v) is 8.64. The quantitative estimate of drug-likeness (QED) is 0.246. The van der Waals surface area contributed by atoms with Crippen molar-refractivity contribution >= 4 is 33.8 Å². The molecule has 0 amide bonds. The van der Waals surface area contributed by atoms with Gasteiger partial charge in [-0.1, -0.05) is 55.3 Å². The molecular weight excluding hydrogens is 460 g/mol. The number of pyridine rings is 1. The molecule has 3 aromatic heterocycles. The van der Waals surface area contributed by atoms with Gasteiger partial charge in [-0.15, -0.1) is 11.3 Å². The molecule has 0 bridgehead atoms. The van der Waals surface area contributed by atoms with Crippen molar-refractivity contribution in [3.05, 3.63) is 98.7 Å². The number of thiophene rings is 1. The van der Waals surface area contributed by atoms with Gasteiger partial charge in [-0.05, 0) is 67.0 Å². The van der Waals surface area contributed by atoms with Crippen LogP contribution >= 0.6 is 11.3 Å². The Morgan fingerprint density at radius 2 is 1.81 bits per heavy atom. The number of rotatable bonds is 6. The molecule has 0 atom stereocenters. The molecule has 36 heavy (non-hydrogen) atoms. The first kappa shape index (κ1) is 22.8. The lowest BCUT2D eigenvalue weighted by Gasteiger charge is -2.34. The highest BCUT2D eigenvalue weighted by molar-refractivity contribution is 7.09. The van der Waals surface area contributed by atoms with E-state index in [9.17, 15) is 5.26 Å². The normalized spacial score (nSPS) is 14.0. The lowest BCUT2D eigenvalue weighted by atomic mass is 9.94. The highest BCUT2D eigenvalue weighted by atomic mass is 32.1. The minimum absolute atomic E-state index is 0.472. The van der Waals surface area contributed by atoms with E-state index < -0.39 is 0 Å². The topological polar surface area (TPSA) is 44.3 Å². The molecule has 3 heterocycles. The van der Waals surface area contributed by atoms with Gasteiger partial charge >= 0.3 is 0 Å². The molecule has 1 aliphatic rings. The Bertz CT molecular complexity index is 1580. The first-order valence-electron chi connectivity index (χ1n) is 12.8. The SMILES string of the molecule is Cc1ccccc1Cc1c(C)c(C#N)c2nc3ccccc3n2c1N(Cc1cccs1)C1CCCC1. The molecule has 0 aliphatic heterocycles. The van der Waals surface area contributed by atoms with Gasteiger partial charge in [-0.2, -0.15) is 5.26 Å². The number of imidazole rings is 1. The Balaban J connectivity index is 1.69. The molecule has 1 aliphatic carbocycles. The van der Waals surface area contributed by atoms with E-state index in [1.54, 1.807) is 0 Å². The zero-order valence-electron chi connectivity index (χ0n) is 20.9. The second-order valence-electron chi connectivity index (χ2n) is 9.92. The maximum Gasteiger partial charge on any atom is 0.157 e. The van der Waals surface area contributed by atoms with Crippen molar-refractivity contribution in [1.29, 1.82) is 5.26 Å². The standard InChI is InChI=1S/C31H30N4S/c1-21-10-3-4-11-23(21)18-26-22(2)27(19-32)30-33-28-15-7-8-16-29(28)35(30)31(26)34(24-12-5-6-13-24)20-25-14-9-17-36-25/h3-4,7-11,14-17,24H,5-6,12-13,18,20H2,1-2H3. The fourth-order valence-corrected chi connectivity index (χ4v) is 6.54. The summed E-state index contributed by atoms with van der Waals surface area (Å²) < 4.78 is 2.29. The summed E-state index contributed by atoms with van der Waals surface area (Å²) in [6, 6.07) is 24.3. The van der Waals surface area contributed by atoms with Crippen molar-refractivity contribution in [1.82, 2.24) is 9.38 Å². The summed E-state index contributed by atoms with van der Waals surface area (Å²) in [6.45, 7) is 5.17. The Labute approximate surface area is 216 Å². The van der Waals surface area contributed by atoms with Crippen LogP contribution in [0.5, 0.6) is 0 Å². The predicted octanol–water partition coefficient (Wildman–Crippen LogP) is 7.58. The minimum Gasteiger partial charge on any atom is -0.349 e. The summed E-state index contributed by atoms with van der Waals surface area (Å²) in [7, 11) is 0. The van der Waals surface area contributed by atoms with Gasteiger partial charge in [-0.25, -0.2) is 4.98 Å². The maximum atomic E-state index is 10.3. The number of aryl methyl sites for hydroxylation is 1. The molecule has 0 spiro atoms. The number of anilines is 1. The van der Waals surface area contributed by atoms with Crippen LogP contribution in [-0.4, -0.2) is 15.4 Å². The monoisotopic (exact) mass is 490 g/mol. The second-order valence-corrected chi connectivity index (χ2v) is 11.0. The molecule has 4 nitrogen and oxygen atoms in total. The van der Waals surface area contributed by atoms with Gasteiger partial charge in [0.25, 0.3) is 0 Å². The van der Waals surface area contributed by atoms with E-state index in [1.165, 1.54) is 53.1 Å². The van der Waals surface area contributed by atoms with Crippen LogP contribution in [0.2, 0.25) is 0 Å². The third kappa shape index (κ3) is 3.86. The van der Waals surface area contributed by atoms with Crippen LogP contribution < -0.4 is 4.90 Å². The number of fused-ring (bicyclic) bond motifs is 3. The molecule has 2 aromatic carbocycles. The lowest BCUT2D eigenvalue weighted by molar-refractivity contribution is 0.596. The van der Waals surface area contributed by atoms with Crippen LogP contribution in [-0.2, 0) is 13.0 Å². The summed E-state index contributed by atoms with van der Waals surface area (Å²) in [5.74, 6) is 1.21. The zero-order valence-corrected chi connectivity index (χ0v) is 21.7. The summed E-state index contributed by atoms with van der Waals surface area (Å²) in [4.78, 5) is 9.00. The predicted molar refractivity (Wildman–Crippen MR) is 149 cm³/mol. The van der Waals surface area contributed by atoms with E-state index in [-0.39, 0.29) is 0 Å². The van der Waals surface area contributed by atoms with E-state index in [0.29, 0.717) is 11.6 Å². The molecule has 0 saturated heterocycles. The fourth-order valence-electron chi connectivity index (χ4n) is 5.84. The molecule has 0 N–H and O–H groups in total. The average Bonchev–Trinajstić information content (AvgIpc) is 3.66. The highest BCUT2D eigenvalue weighted by Crippen LogP contribution is 2.39. The molecular formula is C31H30N4S. The molecule has 1 fully saturated rings. The van der Waals surface area contributed by atoms with Gasteiger partial charge in [0.05, 0.1) is 23.1 Å². The number of nitrogens with zero attached hydrogens (tertiary/aromatic N) is 4. The van der Waals surface area contributed by atoms with Crippen molar-refractivity contribution in [2.45, 2.75) is 58.5 Å². The third-order valence-electron chi connectivity index (χ3n) is 7.78. The Morgan fingerprint density at radius 3 is 2.56 bits per heavy atom. The van der Waals surface area contributed by atoms with E-state index in [1.807, 2.05) is 17.4 Å². The second kappa shape index (κ2) is 9.44. The summed E-state index contributed by atoms with van der Waals surface area (Å²) >= 11 is 1.82. The van der Waals surface area contributed by atoms with Crippen LogP contribution in [0.1, 0.15) is 58.4 Å². The zero-order chi connectivity index (χ0) is 24.6. The Morgan fingerprint density at radius 1 is 1.03 bits per heavy atom. The van der Waals surface area contributed by atoms with Gasteiger partial charge < -0.3 is 4.90 Å². The van der Waals surface area contributed by atoms with Gasteiger partial charge in [0.15, 0.2) is 5.65 Å². The van der Waals surface area contributed by atoms with Crippen LogP contribution in [0.25, 0.3) is 16.7 Å². The van der Waals surface area contributed by atoms with E-state index >= 15 is 0 Å². The van der Waals surface area contributed by atoms with E-state index in [2.05, 4.69) is 89.2 Å². The first-order valence-corrected chi connectivity index (χ1v) is 13.7. The van der Waals surface area contributed by atoms with Gasteiger partial charge in [0.1, 0.15) is 11.9 Å². The fraction of sp³-hybridized carbons (Fsp3) is 0.290. The van der Waals surface area contributed by atoms with Crippen molar-refractivity contribution in [3.63, 3.8) is 0 Å². The molecule has 0 unspecified atom stereocenters.